The zero-order valence-electron chi connectivity index (χ0n) is 11.4. The van der Waals surface area contributed by atoms with Gasteiger partial charge in [-0.15, -0.1) is 11.8 Å². The fourth-order valence-electron chi connectivity index (χ4n) is 1.93. The average molecular weight is 282 g/mol. The van der Waals surface area contributed by atoms with Crippen molar-refractivity contribution in [2.24, 2.45) is 0 Å². The van der Waals surface area contributed by atoms with Crippen LogP contribution in [0.1, 0.15) is 32.7 Å². The molecule has 0 N–H and O–H groups in total. The minimum Gasteiger partial charge on any atom is -0.296 e. The lowest BCUT2D eigenvalue weighted by Gasteiger charge is -2.09. The van der Waals surface area contributed by atoms with Crippen LogP contribution in [0, 0.1) is 25.2 Å². The number of nitrogens with zero attached hydrogens (tertiary/aromatic N) is 2. The molecule has 0 unspecified atom stereocenters. The van der Waals surface area contributed by atoms with E-state index in [1.54, 1.807) is 12.1 Å². The molecule has 0 radical (unpaired) electrons. The number of nitriles is 1. The Morgan fingerprint density at radius 1 is 1.25 bits per heavy atom. The summed E-state index contributed by atoms with van der Waals surface area (Å²) in [6.07, 6.45) is 0.699. The maximum atomic E-state index is 10.8. The number of aryl methyl sites for hydroxylation is 2. The number of hydrogen-bond donors (Lipinski definition) is 0. The molecule has 0 aliphatic heterocycles. The van der Waals surface area contributed by atoms with E-state index < -0.39 is 0 Å². The summed E-state index contributed by atoms with van der Waals surface area (Å²) in [6, 6.07) is 11.5. The van der Waals surface area contributed by atoms with E-state index in [0.29, 0.717) is 22.6 Å². The topological polar surface area (TPSA) is 53.8 Å². The summed E-state index contributed by atoms with van der Waals surface area (Å²) in [5.74, 6) is 0.739. The van der Waals surface area contributed by atoms with Crippen LogP contribution in [-0.2, 0) is 5.75 Å². The molecule has 0 atom stereocenters. The lowest BCUT2D eigenvalue weighted by molar-refractivity contribution is 0.111. The van der Waals surface area contributed by atoms with Gasteiger partial charge in [0, 0.05) is 5.75 Å². The highest BCUT2D eigenvalue weighted by molar-refractivity contribution is 7.98. The van der Waals surface area contributed by atoms with Crippen molar-refractivity contribution in [1.82, 2.24) is 4.98 Å². The zero-order chi connectivity index (χ0) is 14.5. The molecule has 1 heterocycles. The van der Waals surface area contributed by atoms with Crippen LogP contribution in [0.4, 0.5) is 0 Å². The minimum atomic E-state index is 0.355. The molecule has 0 fully saturated rings. The molecular formula is C16H14N2OS. The molecule has 1 aromatic heterocycles. The van der Waals surface area contributed by atoms with Gasteiger partial charge in [0.2, 0.25) is 0 Å². The number of rotatable bonds is 4. The number of benzene rings is 1. The fraction of sp³-hybridized carbons (Fsp3) is 0.188. The van der Waals surface area contributed by atoms with E-state index in [-0.39, 0.29) is 0 Å². The number of carbonyl (C=O) groups is 1. The average Bonchev–Trinajstić information content (AvgIpc) is 2.46. The first-order valence-corrected chi connectivity index (χ1v) is 7.18. The van der Waals surface area contributed by atoms with Crippen LogP contribution < -0.4 is 0 Å². The number of hydrogen-bond acceptors (Lipinski definition) is 4. The van der Waals surface area contributed by atoms with Crippen LogP contribution in [0.5, 0.6) is 0 Å². The van der Waals surface area contributed by atoms with Gasteiger partial charge in [-0.1, -0.05) is 18.2 Å². The number of pyridine rings is 1. The second kappa shape index (κ2) is 6.36. The summed E-state index contributed by atoms with van der Waals surface area (Å²) in [5.41, 5.74) is 4.56. The largest absolute Gasteiger partial charge is 0.296 e. The van der Waals surface area contributed by atoms with Crippen molar-refractivity contribution in [1.29, 1.82) is 5.26 Å². The van der Waals surface area contributed by atoms with E-state index >= 15 is 0 Å². The molecule has 1 aromatic carbocycles. The third-order valence-electron chi connectivity index (χ3n) is 3.12. The molecule has 0 aliphatic rings. The van der Waals surface area contributed by atoms with Crippen LogP contribution in [0.15, 0.2) is 35.4 Å². The first-order chi connectivity index (χ1) is 9.65. The number of aromatic nitrogens is 1. The maximum Gasteiger partial charge on any atom is 0.168 e. The van der Waals surface area contributed by atoms with Crippen molar-refractivity contribution >= 4 is 18.0 Å². The molecule has 0 amide bonds. The van der Waals surface area contributed by atoms with Gasteiger partial charge in [0.05, 0.1) is 5.56 Å². The lowest BCUT2D eigenvalue weighted by atomic mass is 10.1. The fourth-order valence-corrected chi connectivity index (χ4v) is 3.11. The van der Waals surface area contributed by atoms with Gasteiger partial charge >= 0.3 is 0 Å². The Morgan fingerprint density at radius 3 is 2.55 bits per heavy atom. The highest BCUT2D eigenvalue weighted by atomic mass is 32.2. The van der Waals surface area contributed by atoms with E-state index in [2.05, 4.69) is 37.0 Å². The number of thioether (sulfide) groups is 1. The summed E-state index contributed by atoms with van der Waals surface area (Å²) in [5, 5.41) is 9.71. The molecule has 0 saturated heterocycles. The normalized spacial score (nSPS) is 10.1. The van der Waals surface area contributed by atoms with Crippen LogP contribution >= 0.6 is 11.8 Å². The van der Waals surface area contributed by atoms with E-state index in [1.807, 2.05) is 6.07 Å². The molecule has 20 heavy (non-hydrogen) atoms. The second-order valence-corrected chi connectivity index (χ2v) is 5.44. The van der Waals surface area contributed by atoms with Gasteiger partial charge < -0.3 is 0 Å². The molecule has 100 valence electrons. The van der Waals surface area contributed by atoms with Gasteiger partial charge in [0.1, 0.15) is 16.8 Å². The third kappa shape index (κ3) is 3.06. The first-order valence-electron chi connectivity index (χ1n) is 6.20. The van der Waals surface area contributed by atoms with Crippen molar-refractivity contribution in [3.63, 3.8) is 0 Å². The Labute approximate surface area is 122 Å². The smallest absolute Gasteiger partial charge is 0.168 e. The zero-order valence-corrected chi connectivity index (χ0v) is 12.2. The van der Waals surface area contributed by atoms with E-state index in [1.165, 1.54) is 28.5 Å². The molecule has 0 spiro atoms. The molecule has 2 rings (SSSR count). The van der Waals surface area contributed by atoms with Crippen molar-refractivity contribution in [3.05, 3.63) is 58.3 Å². The van der Waals surface area contributed by atoms with Gasteiger partial charge in [-0.2, -0.15) is 5.26 Å². The predicted molar refractivity (Wildman–Crippen MR) is 79.8 cm³/mol. The first kappa shape index (κ1) is 14.3. The van der Waals surface area contributed by atoms with Crippen LogP contribution in [-0.4, -0.2) is 11.3 Å². The number of aldehydes is 1. The Hall–Kier alpha value is -2.12. The van der Waals surface area contributed by atoms with Crippen molar-refractivity contribution in [2.45, 2.75) is 24.6 Å². The van der Waals surface area contributed by atoms with Gasteiger partial charge in [0.25, 0.3) is 0 Å². The van der Waals surface area contributed by atoms with Crippen molar-refractivity contribution in [3.8, 4) is 6.07 Å². The molecule has 0 aliphatic carbocycles. The van der Waals surface area contributed by atoms with Crippen LogP contribution in [0.2, 0.25) is 0 Å². The van der Waals surface area contributed by atoms with Gasteiger partial charge in [0.15, 0.2) is 6.29 Å². The van der Waals surface area contributed by atoms with Gasteiger partial charge in [-0.3, -0.25) is 4.79 Å². The summed E-state index contributed by atoms with van der Waals surface area (Å²) in [6.45, 7) is 4.15. The highest BCUT2D eigenvalue weighted by Crippen LogP contribution is 2.27. The predicted octanol–water partition coefficient (Wildman–Crippen LogP) is 3.67. The van der Waals surface area contributed by atoms with Crippen LogP contribution in [0.3, 0.4) is 0 Å². The van der Waals surface area contributed by atoms with Gasteiger partial charge in [-0.05, 0) is 42.7 Å². The maximum absolute atomic E-state index is 10.8. The second-order valence-electron chi connectivity index (χ2n) is 4.48. The van der Waals surface area contributed by atoms with Crippen molar-refractivity contribution < 1.29 is 4.79 Å². The molecular weight excluding hydrogens is 268 g/mol. The standard InChI is InChI=1S/C16H14N2OS/c1-11-4-3-5-12(2)15(11)10-20-16-13(8-17)6-7-14(9-19)18-16/h3-7,9H,10H2,1-2H3. The summed E-state index contributed by atoms with van der Waals surface area (Å²) in [7, 11) is 0. The highest BCUT2D eigenvalue weighted by Gasteiger charge is 2.09. The van der Waals surface area contributed by atoms with E-state index in [0.717, 1.165) is 5.75 Å². The molecule has 0 saturated carbocycles. The Bertz CT molecular complexity index is 669. The Kier molecular flexibility index (Phi) is 4.54. The summed E-state index contributed by atoms with van der Waals surface area (Å²) in [4.78, 5) is 15.0. The van der Waals surface area contributed by atoms with Crippen LogP contribution in [0.25, 0.3) is 0 Å². The Balaban J connectivity index is 2.27. The number of carbonyl (C=O) groups excluding carboxylic acids is 1. The monoisotopic (exact) mass is 282 g/mol. The lowest BCUT2D eigenvalue weighted by Crippen LogP contribution is -1.95. The molecule has 2 aromatic rings. The molecule has 3 nitrogen and oxygen atoms in total. The SMILES string of the molecule is Cc1cccc(C)c1CSc1nc(C=O)ccc1C#N. The minimum absolute atomic E-state index is 0.355. The summed E-state index contributed by atoms with van der Waals surface area (Å²) >= 11 is 1.49. The molecule has 0 bridgehead atoms. The quantitative estimate of drug-likeness (QED) is 0.634. The third-order valence-corrected chi connectivity index (χ3v) is 4.14. The summed E-state index contributed by atoms with van der Waals surface area (Å²) < 4.78 is 0. The van der Waals surface area contributed by atoms with E-state index in [9.17, 15) is 4.79 Å². The van der Waals surface area contributed by atoms with E-state index in [4.69, 9.17) is 5.26 Å². The van der Waals surface area contributed by atoms with Crippen molar-refractivity contribution in [2.75, 3.05) is 0 Å². The molecule has 4 heteroatoms. The van der Waals surface area contributed by atoms with Gasteiger partial charge in [-0.25, -0.2) is 4.98 Å². The Morgan fingerprint density at radius 2 is 1.95 bits per heavy atom.